The Morgan fingerprint density at radius 2 is 2.21 bits per heavy atom. The molecule has 1 fully saturated rings. The van der Waals surface area contributed by atoms with Crippen LogP contribution in [0.4, 0.5) is 0 Å². The van der Waals surface area contributed by atoms with Gasteiger partial charge in [-0.25, -0.2) is 4.99 Å². The first-order valence-corrected chi connectivity index (χ1v) is 8.56. The van der Waals surface area contributed by atoms with Crippen LogP contribution in [0.2, 0.25) is 0 Å². The van der Waals surface area contributed by atoms with E-state index in [0.717, 1.165) is 49.8 Å². The molecule has 1 aliphatic rings. The second-order valence-electron chi connectivity index (χ2n) is 6.14. The van der Waals surface area contributed by atoms with Gasteiger partial charge in [-0.1, -0.05) is 18.2 Å². The summed E-state index contributed by atoms with van der Waals surface area (Å²) in [5, 5.41) is 16.0. The summed E-state index contributed by atoms with van der Waals surface area (Å²) in [5.74, 6) is 1.62. The fourth-order valence-corrected chi connectivity index (χ4v) is 2.92. The summed E-state index contributed by atoms with van der Waals surface area (Å²) in [6.45, 7) is 5.75. The summed E-state index contributed by atoms with van der Waals surface area (Å²) in [5.41, 5.74) is 1.04. The Bertz CT molecular complexity index is 528. The topological polar surface area (TPSA) is 75.1 Å². The van der Waals surface area contributed by atoms with Gasteiger partial charge in [-0.3, -0.25) is 0 Å². The van der Waals surface area contributed by atoms with Crippen molar-refractivity contribution < 1.29 is 14.6 Å². The average molecular weight is 335 g/mol. The molecule has 3 N–H and O–H groups in total. The van der Waals surface area contributed by atoms with Crippen LogP contribution in [0.25, 0.3) is 0 Å². The third kappa shape index (κ3) is 5.11. The summed E-state index contributed by atoms with van der Waals surface area (Å²) < 4.78 is 10.9. The van der Waals surface area contributed by atoms with Crippen molar-refractivity contribution >= 4 is 5.96 Å². The first-order valence-electron chi connectivity index (χ1n) is 8.56. The van der Waals surface area contributed by atoms with Gasteiger partial charge in [0.25, 0.3) is 0 Å². The second kappa shape index (κ2) is 9.49. The molecule has 24 heavy (non-hydrogen) atoms. The first-order chi connectivity index (χ1) is 11.7. The molecule has 1 atom stereocenters. The summed E-state index contributed by atoms with van der Waals surface area (Å²) in [7, 11) is 1.67. The molecule has 0 bridgehead atoms. The molecule has 1 aromatic rings. The van der Waals surface area contributed by atoms with Gasteiger partial charge in [0.2, 0.25) is 0 Å². The quantitative estimate of drug-likeness (QED) is 0.496. The van der Waals surface area contributed by atoms with Crippen LogP contribution in [0.15, 0.2) is 29.3 Å². The van der Waals surface area contributed by atoms with Crippen LogP contribution in [-0.4, -0.2) is 51.1 Å². The van der Waals surface area contributed by atoms with Gasteiger partial charge in [0, 0.05) is 37.3 Å². The highest BCUT2D eigenvalue weighted by Gasteiger charge is 2.34. The third-order valence-corrected chi connectivity index (χ3v) is 4.40. The molecule has 1 aromatic carbocycles. The smallest absolute Gasteiger partial charge is 0.191 e. The van der Waals surface area contributed by atoms with Crippen molar-refractivity contribution in [3.63, 3.8) is 0 Å². The minimum atomic E-state index is -0.00458. The number of aliphatic hydroxyl groups excluding tert-OH is 1. The molecule has 0 aromatic heterocycles. The monoisotopic (exact) mass is 335 g/mol. The van der Waals surface area contributed by atoms with E-state index in [1.54, 1.807) is 7.11 Å². The first kappa shape index (κ1) is 18.5. The SMILES string of the molecule is CCNC(=NCc1ccccc1OC)NCC1(CCO)CCOC1. The van der Waals surface area contributed by atoms with E-state index in [9.17, 15) is 5.11 Å². The highest BCUT2D eigenvalue weighted by molar-refractivity contribution is 5.79. The van der Waals surface area contributed by atoms with E-state index in [1.807, 2.05) is 31.2 Å². The maximum Gasteiger partial charge on any atom is 0.191 e. The highest BCUT2D eigenvalue weighted by atomic mass is 16.5. The number of rotatable bonds is 8. The third-order valence-electron chi connectivity index (χ3n) is 4.40. The number of methoxy groups -OCH3 is 1. The molecular weight excluding hydrogens is 306 g/mol. The van der Waals surface area contributed by atoms with E-state index in [-0.39, 0.29) is 12.0 Å². The Morgan fingerprint density at radius 3 is 2.88 bits per heavy atom. The van der Waals surface area contributed by atoms with Gasteiger partial charge in [-0.15, -0.1) is 0 Å². The Kier molecular flexibility index (Phi) is 7.34. The van der Waals surface area contributed by atoms with Crippen LogP contribution in [-0.2, 0) is 11.3 Å². The number of hydrogen-bond donors (Lipinski definition) is 3. The number of nitrogens with one attached hydrogen (secondary N) is 2. The molecule has 6 heteroatoms. The predicted octanol–water partition coefficient (Wildman–Crippen LogP) is 1.54. The lowest BCUT2D eigenvalue weighted by Gasteiger charge is -2.27. The standard InChI is InChI=1S/C18H29N3O3/c1-3-19-17(20-12-15-6-4-5-7-16(15)23-2)21-13-18(8-10-22)9-11-24-14-18/h4-7,22H,3,8-14H2,1-2H3,(H2,19,20,21). The lowest BCUT2D eigenvalue weighted by Crippen LogP contribution is -2.44. The van der Waals surface area contributed by atoms with Crippen LogP contribution in [0.5, 0.6) is 5.75 Å². The van der Waals surface area contributed by atoms with E-state index in [4.69, 9.17) is 9.47 Å². The minimum Gasteiger partial charge on any atom is -0.496 e. The van der Waals surface area contributed by atoms with Crippen molar-refractivity contribution in [1.82, 2.24) is 10.6 Å². The maximum atomic E-state index is 9.33. The van der Waals surface area contributed by atoms with Crippen LogP contribution >= 0.6 is 0 Å². The van der Waals surface area contributed by atoms with Crippen LogP contribution in [0.1, 0.15) is 25.3 Å². The Labute approximate surface area is 144 Å². The Balaban J connectivity index is 2.00. The van der Waals surface area contributed by atoms with Gasteiger partial charge in [0.1, 0.15) is 5.75 Å². The van der Waals surface area contributed by atoms with E-state index in [1.165, 1.54) is 0 Å². The summed E-state index contributed by atoms with van der Waals surface area (Å²) in [6, 6.07) is 7.90. The highest BCUT2D eigenvalue weighted by Crippen LogP contribution is 2.31. The number of nitrogens with zero attached hydrogens (tertiary/aromatic N) is 1. The molecule has 2 rings (SSSR count). The molecule has 0 amide bonds. The molecule has 0 spiro atoms. The Hall–Kier alpha value is -1.79. The van der Waals surface area contributed by atoms with Gasteiger partial charge in [0.15, 0.2) is 5.96 Å². The summed E-state index contributed by atoms with van der Waals surface area (Å²) >= 11 is 0. The van der Waals surface area contributed by atoms with Crippen molar-refractivity contribution in [2.45, 2.75) is 26.3 Å². The number of para-hydroxylation sites is 1. The van der Waals surface area contributed by atoms with Crippen molar-refractivity contribution in [2.75, 3.05) is 40.0 Å². The van der Waals surface area contributed by atoms with Gasteiger partial charge in [-0.2, -0.15) is 0 Å². The van der Waals surface area contributed by atoms with E-state index < -0.39 is 0 Å². The minimum absolute atomic E-state index is 0.00458. The fraction of sp³-hybridized carbons (Fsp3) is 0.611. The number of benzene rings is 1. The fourth-order valence-electron chi connectivity index (χ4n) is 2.92. The van der Waals surface area contributed by atoms with Crippen LogP contribution in [0.3, 0.4) is 0 Å². The molecule has 1 saturated heterocycles. The molecule has 0 aliphatic carbocycles. The zero-order chi connectivity index (χ0) is 17.3. The summed E-state index contributed by atoms with van der Waals surface area (Å²) in [6.07, 6.45) is 1.71. The zero-order valence-corrected chi connectivity index (χ0v) is 14.7. The molecule has 0 saturated carbocycles. The van der Waals surface area contributed by atoms with Crippen LogP contribution in [0, 0.1) is 5.41 Å². The molecule has 0 radical (unpaired) electrons. The van der Waals surface area contributed by atoms with Crippen molar-refractivity contribution in [3.05, 3.63) is 29.8 Å². The summed E-state index contributed by atoms with van der Waals surface area (Å²) in [4.78, 5) is 4.66. The number of aliphatic imine (C=N–C) groups is 1. The number of guanidine groups is 1. The van der Waals surface area contributed by atoms with Crippen molar-refractivity contribution in [3.8, 4) is 5.75 Å². The second-order valence-corrected chi connectivity index (χ2v) is 6.14. The molecule has 1 heterocycles. The zero-order valence-electron chi connectivity index (χ0n) is 14.7. The van der Waals surface area contributed by atoms with Gasteiger partial charge < -0.3 is 25.2 Å². The van der Waals surface area contributed by atoms with Gasteiger partial charge in [0.05, 0.1) is 20.3 Å². The van der Waals surface area contributed by atoms with Gasteiger partial charge >= 0.3 is 0 Å². The lowest BCUT2D eigenvalue weighted by molar-refractivity contribution is 0.127. The Morgan fingerprint density at radius 1 is 1.38 bits per heavy atom. The van der Waals surface area contributed by atoms with E-state index in [0.29, 0.717) is 13.2 Å². The van der Waals surface area contributed by atoms with Crippen molar-refractivity contribution in [2.24, 2.45) is 10.4 Å². The number of ether oxygens (including phenoxy) is 2. The van der Waals surface area contributed by atoms with Crippen LogP contribution < -0.4 is 15.4 Å². The predicted molar refractivity (Wildman–Crippen MR) is 95.4 cm³/mol. The molecule has 134 valence electrons. The molecular formula is C18H29N3O3. The van der Waals surface area contributed by atoms with Gasteiger partial charge in [-0.05, 0) is 25.8 Å². The lowest BCUT2D eigenvalue weighted by atomic mass is 9.84. The number of aliphatic hydroxyl groups is 1. The largest absolute Gasteiger partial charge is 0.496 e. The molecule has 1 unspecified atom stereocenters. The van der Waals surface area contributed by atoms with E-state index in [2.05, 4.69) is 15.6 Å². The number of hydrogen-bond acceptors (Lipinski definition) is 4. The maximum absolute atomic E-state index is 9.33. The van der Waals surface area contributed by atoms with E-state index >= 15 is 0 Å². The molecule has 1 aliphatic heterocycles. The normalized spacial score (nSPS) is 20.9. The molecule has 6 nitrogen and oxygen atoms in total. The average Bonchev–Trinajstić information content (AvgIpc) is 3.07. The van der Waals surface area contributed by atoms with Crippen molar-refractivity contribution in [1.29, 1.82) is 0 Å².